The second kappa shape index (κ2) is 8.73. The molecule has 3 fully saturated rings. The highest BCUT2D eigenvalue weighted by Crippen LogP contribution is 2.67. The zero-order valence-corrected chi connectivity index (χ0v) is 21.5. The lowest BCUT2D eigenvalue weighted by Gasteiger charge is -2.59. The standard InChI is InChI=1S/C28H47NO3/c1-7-28(31)17-16-26(3)20(18-28)9-10-21-23-12-11-22(27(23,4)15-14-24(21)26)19(2)8-13-25(30)29(5)32-6/h9,19,21-24,31H,7-8,10-18H2,1-6H3/t19-,21?,22-,23+,24+,26+,27?,28+/m1/s1. The summed E-state index contributed by atoms with van der Waals surface area (Å²) in [6.45, 7) is 9.64. The Morgan fingerprint density at radius 1 is 1.22 bits per heavy atom. The molecule has 4 aliphatic carbocycles. The lowest BCUT2D eigenvalue weighted by molar-refractivity contribution is -0.169. The molecule has 4 aliphatic rings. The SMILES string of the molecule is CC[C@]1(O)CC[C@@]2(C)C(=CCC3[C@@H]4CC[C@H]([C@H](C)CCC(=O)N(C)OC)C4(C)CC[C@@H]32)C1. The molecule has 0 radical (unpaired) electrons. The Bertz CT molecular complexity index is 749. The van der Waals surface area contributed by atoms with Crippen molar-refractivity contribution in [3.05, 3.63) is 11.6 Å². The van der Waals surface area contributed by atoms with Crippen LogP contribution in [0.5, 0.6) is 0 Å². The van der Waals surface area contributed by atoms with Gasteiger partial charge < -0.3 is 5.11 Å². The summed E-state index contributed by atoms with van der Waals surface area (Å²) in [5.74, 6) is 3.79. The first kappa shape index (κ1) is 24.3. The van der Waals surface area contributed by atoms with E-state index in [1.165, 1.54) is 37.2 Å². The molecule has 0 saturated heterocycles. The first-order valence-corrected chi connectivity index (χ1v) is 13.3. The second-order valence-electron chi connectivity index (χ2n) is 12.3. The van der Waals surface area contributed by atoms with Crippen LogP contribution in [0, 0.1) is 40.4 Å². The fraction of sp³-hybridized carbons (Fsp3) is 0.893. The van der Waals surface area contributed by atoms with Crippen molar-refractivity contribution in [3.8, 4) is 0 Å². The Labute approximate surface area is 196 Å². The second-order valence-corrected chi connectivity index (χ2v) is 12.3. The van der Waals surface area contributed by atoms with E-state index in [2.05, 4.69) is 33.8 Å². The van der Waals surface area contributed by atoms with Crippen molar-refractivity contribution in [1.29, 1.82) is 0 Å². The number of hydrogen-bond donors (Lipinski definition) is 1. The minimum atomic E-state index is -0.469. The van der Waals surface area contributed by atoms with Gasteiger partial charge >= 0.3 is 0 Å². The van der Waals surface area contributed by atoms with E-state index in [-0.39, 0.29) is 5.91 Å². The monoisotopic (exact) mass is 445 g/mol. The van der Waals surface area contributed by atoms with Gasteiger partial charge in [0, 0.05) is 13.5 Å². The minimum Gasteiger partial charge on any atom is -0.390 e. The third-order valence-electron chi connectivity index (χ3n) is 11.1. The summed E-state index contributed by atoms with van der Waals surface area (Å²) in [5, 5.41) is 12.3. The number of hydrogen-bond acceptors (Lipinski definition) is 3. The average Bonchev–Trinajstić information content (AvgIpc) is 3.14. The highest BCUT2D eigenvalue weighted by molar-refractivity contribution is 5.74. The largest absolute Gasteiger partial charge is 0.390 e. The number of carbonyl (C=O) groups is 1. The topological polar surface area (TPSA) is 49.8 Å². The molecular weight excluding hydrogens is 398 g/mol. The molecule has 3 saturated carbocycles. The first-order chi connectivity index (χ1) is 15.1. The Balaban J connectivity index is 1.48. The molecule has 2 unspecified atom stereocenters. The lowest BCUT2D eigenvalue weighted by atomic mass is 9.46. The number of amides is 1. The predicted molar refractivity (Wildman–Crippen MR) is 129 cm³/mol. The van der Waals surface area contributed by atoms with Crippen LogP contribution in [0.25, 0.3) is 0 Å². The normalized spacial score (nSPS) is 44.2. The van der Waals surface area contributed by atoms with Gasteiger partial charge in [0.05, 0.1) is 12.7 Å². The van der Waals surface area contributed by atoms with Crippen molar-refractivity contribution in [2.24, 2.45) is 40.4 Å². The molecule has 8 atom stereocenters. The van der Waals surface area contributed by atoms with E-state index < -0.39 is 5.60 Å². The number of fused-ring (bicyclic) bond motifs is 5. The summed E-state index contributed by atoms with van der Waals surface area (Å²) in [4.78, 5) is 17.3. The molecule has 4 rings (SSSR count). The average molecular weight is 446 g/mol. The van der Waals surface area contributed by atoms with Crippen molar-refractivity contribution in [3.63, 3.8) is 0 Å². The van der Waals surface area contributed by atoms with Crippen LogP contribution in [0.4, 0.5) is 0 Å². The molecule has 0 aromatic rings. The molecule has 0 heterocycles. The molecule has 1 amide bonds. The van der Waals surface area contributed by atoms with E-state index in [1.807, 2.05) is 0 Å². The molecule has 4 nitrogen and oxygen atoms in total. The molecule has 0 bridgehead atoms. The Hall–Kier alpha value is -0.870. The van der Waals surface area contributed by atoms with Crippen LogP contribution in [0.1, 0.15) is 98.3 Å². The van der Waals surface area contributed by atoms with E-state index in [1.54, 1.807) is 19.7 Å². The van der Waals surface area contributed by atoms with Crippen LogP contribution in [0.15, 0.2) is 11.6 Å². The maximum absolute atomic E-state index is 12.3. The van der Waals surface area contributed by atoms with Gasteiger partial charge in [0.25, 0.3) is 0 Å². The van der Waals surface area contributed by atoms with Crippen molar-refractivity contribution >= 4 is 5.91 Å². The summed E-state index contributed by atoms with van der Waals surface area (Å²) >= 11 is 0. The summed E-state index contributed by atoms with van der Waals surface area (Å²) < 4.78 is 0. The maximum Gasteiger partial charge on any atom is 0.245 e. The molecule has 0 spiro atoms. The van der Waals surface area contributed by atoms with Gasteiger partial charge in [-0.3, -0.25) is 9.63 Å². The van der Waals surface area contributed by atoms with Gasteiger partial charge in [0.15, 0.2) is 0 Å². The van der Waals surface area contributed by atoms with Crippen LogP contribution >= 0.6 is 0 Å². The maximum atomic E-state index is 12.3. The minimum absolute atomic E-state index is 0.0879. The quantitative estimate of drug-likeness (QED) is 0.394. The molecule has 182 valence electrons. The fourth-order valence-corrected chi connectivity index (χ4v) is 8.80. The van der Waals surface area contributed by atoms with Crippen molar-refractivity contribution in [2.75, 3.05) is 14.2 Å². The summed E-state index contributed by atoms with van der Waals surface area (Å²) in [7, 11) is 3.27. The first-order valence-electron chi connectivity index (χ1n) is 13.3. The Morgan fingerprint density at radius 3 is 2.66 bits per heavy atom. The van der Waals surface area contributed by atoms with E-state index in [0.717, 1.165) is 55.8 Å². The van der Waals surface area contributed by atoms with E-state index in [9.17, 15) is 9.90 Å². The number of carbonyl (C=O) groups excluding carboxylic acids is 1. The molecule has 4 heteroatoms. The van der Waals surface area contributed by atoms with E-state index in [0.29, 0.717) is 23.2 Å². The van der Waals surface area contributed by atoms with Crippen LogP contribution in [0.3, 0.4) is 0 Å². The third kappa shape index (κ3) is 3.87. The molecular formula is C28H47NO3. The predicted octanol–water partition coefficient (Wildman–Crippen LogP) is 6.14. The molecule has 0 aromatic heterocycles. The van der Waals surface area contributed by atoms with Crippen LogP contribution < -0.4 is 0 Å². The van der Waals surface area contributed by atoms with E-state index in [4.69, 9.17) is 4.84 Å². The van der Waals surface area contributed by atoms with Crippen molar-refractivity contribution in [2.45, 2.75) is 104 Å². The Kier molecular flexibility index (Phi) is 6.62. The van der Waals surface area contributed by atoms with Gasteiger partial charge in [-0.05, 0) is 105 Å². The van der Waals surface area contributed by atoms with E-state index >= 15 is 0 Å². The third-order valence-corrected chi connectivity index (χ3v) is 11.1. The Morgan fingerprint density at radius 2 is 1.97 bits per heavy atom. The molecule has 0 aromatic carbocycles. The lowest BCUT2D eigenvalue weighted by Crippen LogP contribution is -2.52. The fourth-order valence-electron chi connectivity index (χ4n) is 8.80. The van der Waals surface area contributed by atoms with Gasteiger partial charge in [-0.2, -0.15) is 0 Å². The zero-order chi connectivity index (χ0) is 23.3. The smallest absolute Gasteiger partial charge is 0.245 e. The number of nitrogens with zero attached hydrogens (tertiary/aromatic N) is 1. The summed E-state index contributed by atoms with van der Waals surface area (Å²) in [6, 6.07) is 0. The summed E-state index contributed by atoms with van der Waals surface area (Å²) in [6.07, 6.45) is 14.6. The molecule has 0 aliphatic heterocycles. The van der Waals surface area contributed by atoms with Gasteiger partial charge in [0.2, 0.25) is 5.91 Å². The number of allylic oxidation sites excluding steroid dienone is 1. The van der Waals surface area contributed by atoms with Crippen molar-refractivity contribution < 1.29 is 14.7 Å². The van der Waals surface area contributed by atoms with Gasteiger partial charge in [0.1, 0.15) is 0 Å². The molecule has 1 N–H and O–H groups in total. The van der Waals surface area contributed by atoms with Crippen LogP contribution in [-0.2, 0) is 9.63 Å². The van der Waals surface area contributed by atoms with Crippen molar-refractivity contribution in [1.82, 2.24) is 5.06 Å². The van der Waals surface area contributed by atoms with Gasteiger partial charge in [-0.15, -0.1) is 0 Å². The number of aliphatic hydroxyl groups is 1. The molecule has 32 heavy (non-hydrogen) atoms. The van der Waals surface area contributed by atoms with Crippen LogP contribution in [-0.4, -0.2) is 35.8 Å². The highest BCUT2D eigenvalue weighted by atomic mass is 16.7. The number of hydroxylamine groups is 2. The number of rotatable bonds is 6. The summed E-state index contributed by atoms with van der Waals surface area (Å²) in [5.41, 5.74) is 1.81. The zero-order valence-electron chi connectivity index (χ0n) is 21.5. The van der Waals surface area contributed by atoms with Gasteiger partial charge in [-0.25, -0.2) is 5.06 Å². The van der Waals surface area contributed by atoms with Gasteiger partial charge in [-0.1, -0.05) is 39.3 Å². The van der Waals surface area contributed by atoms with Crippen LogP contribution in [0.2, 0.25) is 0 Å². The highest BCUT2D eigenvalue weighted by Gasteiger charge is 2.59.